The van der Waals surface area contributed by atoms with E-state index in [4.69, 9.17) is 4.74 Å². The quantitative estimate of drug-likeness (QED) is 0.698. The summed E-state index contributed by atoms with van der Waals surface area (Å²) in [4.78, 5) is 11.6. The highest BCUT2D eigenvalue weighted by atomic mass is 16.6. The highest BCUT2D eigenvalue weighted by Crippen LogP contribution is 2.30. The number of cyclic esters (lactones) is 1. The Labute approximate surface area is 128 Å². The van der Waals surface area contributed by atoms with Gasteiger partial charge in [0.25, 0.3) is 0 Å². The Morgan fingerprint density at radius 2 is 1.68 bits per heavy atom. The summed E-state index contributed by atoms with van der Waals surface area (Å²) in [5.41, 5.74) is 0.812. The number of carbonyl (C=O) groups is 1. The predicted octanol–water partition coefficient (Wildman–Crippen LogP) is 3.07. The van der Waals surface area contributed by atoms with Crippen molar-refractivity contribution in [3.8, 4) is 0 Å². The second-order valence-electron chi connectivity index (χ2n) is 5.02. The Hall–Kier alpha value is -2.95. The van der Waals surface area contributed by atoms with Gasteiger partial charge in [-0.15, -0.1) is 5.10 Å². The summed E-state index contributed by atoms with van der Waals surface area (Å²) < 4.78 is 5.40. The number of amidine groups is 1. The molecule has 0 spiro atoms. The van der Waals surface area contributed by atoms with Gasteiger partial charge in [-0.1, -0.05) is 60.7 Å². The zero-order chi connectivity index (χ0) is 15.4. The van der Waals surface area contributed by atoms with Crippen LogP contribution in [0.25, 0.3) is 0 Å². The minimum atomic E-state index is -0.952. The smallest absolute Gasteiger partial charge is 0.414 e. The van der Waals surface area contributed by atoms with Crippen molar-refractivity contribution in [1.82, 2.24) is 5.32 Å². The fourth-order valence-electron chi connectivity index (χ4n) is 2.24. The Bertz CT molecular complexity index is 726. The fraction of sp³-hybridized carbons (Fsp3) is 0.118. The van der Waals surface area contributed by atoms with Crippen LogP contribution in [0.4, 0.5) is 4.79 Å². The maximum absolute atomic E-state index is 11.6. The SMILES string of the molecule is CC1(c2ccccc2)OC(=O)N/C1=N\N=C/c1ccccc1. The Morgan fingerprint density at radius 1 is 1.05 bits per heavy atom. The first kappa shape index (κ1) is 14.0. The summed E-state index contributed by atoms with van der Waals surface area (Å²) in [5.74, 6) is 0.371. The molecule has 0 aromatic heterocycles. The number of alkyl carbamates (subject to hydrolysis) is 1. The van der Waals surface area contributed by atoms with Gasteiger partial charge in [-0.25, -0.2) is 4.79 Å². The van der Waals surface area contributed by atoms with Crippen LogP contribution in [0.5, 0.6) is 0 Å². The lowest BCUT2D eigenvalue weighted by Gasteiger charge is -2.21. The number of nitrogens with one attached hydrogen (secondary N) is 1. The first-order valence-corrected chi connectivity index (χ1v) is 6.90. The molecule has 1 heterocycles. The van der Waals surface area contributed by atoms with Gasteiger partial charge in [0.05, 0.1) is 6.21 Å². The molecular weight excluding hydrogens is 278 g/mol. The van der Waals surface area contributed by atoms with Gasteiger partial charge in [-0.05, 0) is 12.5 Å². The maximum atomic E-state index is 11.6. The molecule has 0 bridgehead atoms. The molecule has 0 aliphatic carbocycles. The maximum Gasteiger partial charge on any atom is 0.414 e. The van der Waals surface area contributed by atoms with Gasteiger partial charge in [-0.2, -0.15) is 5.10 Å². The van der Waals surface area contributed by atoms with Crippen LogP contribution in [0.15, 0.2) is 70.9 Å². The number of ether oxygens (including phenoxy) is 1. The van der Waals surface area contributed by atoms with Crippen molar-refractivity contribution in [2.75, 3.05) is 0 Å². The van der Waals surface area contributed by atoms with Gasteiger partial charge in [0.2, 0.25) is 0 Å². The fourth-order valence-corrected chi connectivity index (χ4v) is 2.24. The van der Waals surface area contributed by atoms with Crippen molar-refractivity contribution in [3.63, 3.8) is 0 Å². The molecule has 5 nitrogen and oxygen atoms in total. The van der Waals surface area contributed by atoms with Crippen molar-refractivity contribution in [3.05, 3.63) is 71.8 Å². The Balaban J connectivity index is 1.89. The molecule has 22 heavy (non-hydrogen) atoms. The van der Waals surface area contributed by atoms with Crippen LogP contribution in [0.2, 0.25) is 0 Å². The zero-order valence-corrected chi connectivity index (χ0v) is 12.1. The van der Waals surface area contributed by atoms with E-state index in [2.05, 4.69) is 15.5 Å². The molecule has 2 aromatic rings. The van der Waals surface area contributed by atoms with Crippen LogP contribution in [0.3, 0.4) is 0 Å². The number of hydrogen-bond acceptors (Lipinski definition) is 4. The predicted molar refractivity (Wildman–Crippen MR) is 84.9 cm³/mol. The van der Waals surface area contributed by atoms with E-state index in [1.165, 1.54) is 0 Å². The number of rotatable bonds is 3. The normalized spacial score (nSPS) is 22.8. The van der Waals surface area contributed by atoms with Crippen molar-refractivity contribution >= 4 is 18.1 Å². The van der Waals surface area contributed by atoms with Crippen LogP contribution in [-0.2, 0) is 10.3 Å². The van der Waals surface area contributed by atoms with Crippen molar-refractivity contribution in [2.45, 2.75) is 12.5 Å². The van der Waals surface area contributed by atoms with Gasteiger partial charge in [0.1, 0.15) is 0 Å². The van der Waals surface area contributed by atoms with E-state index < -0.39 is 11.7 Å². The summed E-state index contributed by atoms with van der Waals surface area (Å²) in [6.45, 7) is 1.79. The molecule has 1 fully saturated rings. The highest BCUT2D eigenvalue weighted by molar-refractivity contribution is 6.06. The molecule has 1 aliphatic heterocycles. The van der Waals surface area contributed by atoms with E-state index in [-0.39, 0.29) is 0 Å². The van der Waals surface area contributed by atoms with Crippen molar-refractivity contribution in [1.29, 1.82) is 0 Å². The van der Waals surface area contributed by atoms with Crippen LogP contribution in [0, 0.1) is 0 Å². The van der Waals surface area contributed by atoms with Gasteiger partial charge in [0.15, 0.2) is 11.4 Å². The lowest BCUT2D eigenvalue weighted by atomic mass is 9.95. The van der Waals surface area contributed by atoms with Crippen molar-refractivity contribution < 1.29 is 9.53 Å². The Morgan fingerprint density at radius 3 is 2.36 bits per heavy atom. The molecule has 1 amide bonds. The summed E-state index contributed by atoms with van der Waals surface area (Å²) in [6.07, 6.45) is 1.10. The van der Waals surface area contributed by atoms with Crippen LogP contribution in [0.1, 0.15) is 18.1 Å². The number of hydrogen-bond donors (Lipinski definition) is 1. The summed E-state index contributed by atoms with van der Waals surface area (Å²) in [7, 11) is 0. The highest BCUT2D eigenvalue weighted by Gasteiger charge is 2.44. The molecule has 1 aliphatic rings. The topological polar surface area (TPSA) is 63.0 Å². The first-order valence-electron chi connectivity index (χ1n) is 6.90. The summed E-state index contributed by atoms with van der Waals surface area (Å²) in [5, 5.41) is 10.8. The lowest BCUT2D eigenvalue weighted by Crippen LogP contribution is -2.33. The molecule has 1 unspecified atom stereocenters. The number of nitrogens with zero attached hydrogens (tertiary/aromatic N) is 2. The summed E-state index contributed by atoms with van der Waals surface area (Å²) >= 11 is 0. The van der Waals surface area contributed by atoms with E-state index in [0.29, 0.717) is 5.84 Å². The molecule has 0 radical (unpaired) electrons. The first-order chi connectivity index (χ1) is 10.7. The number of amides is 1. The average molecular weight is 293 g/mol. The van der Waals surface area contributed by atoms with Gasteiger partial charge < -0.3 is 4.74 Å². The molecular formula is C17H15N3O2. The van der Waals surface area contributed by atoms with Crippen molar-refractivity contribution in [2.24, 2.45) is 10.2 Å². The third kappa shape index (κ3) is 2.74. The lowest BCUT2D eigenvalue weighted by molar-refractivity contribution is 0.0960. The van der Waals surface area contributed by atoms with E-state index in [0.717, 1.165) is 11.1 Å². The molecule has 0 saturated carbocycles. The molecule has 1 atom stereocenters. The van der Waals surface area contributed by atoms with E-state index in [9.17, 15) is 4.79 Å². The van der Waals surface area contributed by atoms with E-state index >= 15 is 0 Å². The molecule has 2 aromatic carbocycles. The third-order valence-corrected chi connectivity index (χ3v) is 3.46. The minimum absolute atomic E-state index is 0.371. The summed E-state index contributed by atoms with van der Waals surface area (Å²) in [6, 6.07) is 19.1. The monoisotopic (exact) mass is 293 g/mol. The number of benzene rings is 2. The van der Waals surface area contributed by atoms with Crippen LogP contribution in [-0.4, -0.2) is 18.1 Å². The molecule has 110 valence electrons. The largest absolute Gasteiger partial charge is 0.430 e. The van der Waals surface area contributed by atoms with Gasteiger partial charge in [-0.3, -0.25) is 5.32 Å². The second kappa shape index (κ2) is 5.81. The van der Waals surface area contributed by atoms with Crippen LogP contribution >= 0.6 is 0 Å². The molecule has 3 rings (SSSR count). The van der Waals surface area contributed by atoms with E-state index in [1.54, 1.807) is 13.1 Å². The average Bonchev–Trinajstić information content (AvgIpc) is 2.85. The second-order valence-corrected chi connectivity index (χ2v) is 5.02. The van der Waals surface area contributed by atoms with Gasteiger partial charge in [0, 0.05) is 5.56 Å². The molecule has 5 heteroatoms. The standard InChI is InChI=1S/C17H15N3O2/c1-17(14-10-6-3-7-11-14)15(19-16(21)22-17)20-18-12-13-8-4-2-5-9-13/h2-12H,1H3,(H,19,20,21)/b18-12-. The van der Waals surface area contributed by atoms with Gasteiger partial charge >= 0.3 is 6.09 Å². The Kier molecular flexibility index (Phi) is 3.70. The zero-order valence-electron chi connectivity index (χ0n) is 12.1. The van der Waals surface area contributed by atoms with E-state index in [1.807, 2.05) is 60.7 Å². The van der Waals surface area contributed by atoms with Crippen LogP contribution < -0.4 is 5.32 Å². The number of carbonyl (C=O) groups excluding carboxylic acids is 1. The third-order valence-electron chi connectivity index (χ3n) is 3.46. The molecule has 1 saturated heterocycles. The minimum Gasteiger partial charge on any atom is -0.430 e. The molecule has 1 N–H and O–H groups in total.